The summed E-state index contributed by atoms with van der Waals surface area (Å²) in [5, 5.41) is -0.778. The number of carbonyl (C=O) groups excluding carboxylic acids is 3. The summed E-state index contributed by atoms with van der Waals surface area (Å²) in [5.41, 5.74) is 0. The number of carbonyl (C=O) groups is 3. The zero-order valence-electron chi connectivity index (χ0n) is 26.4. The Morgan fingerprint density at radius 3 is 1.95 bits per heavy atom. The molecule has 1 aliphatic heterocycles. The van der Waals surface area contributed by atoms with Crippen molar-refractivity contribution in [3.05, 3.63) is 0 Å². The van der Waals surface area contributed by atoms with E-state index in [0.717, 1.165) is 19.3 Å². The maximum Gasteiger partial charge on any atom is 0.319 e. The molecule has 13 heteroatoms. The van der Waals surface area contributed by atoms with Gasteiger partial charge in [0.25, 0.3) is 0 Å². The minimum absolute atomic E-state index is 0.0541. The monoisotopic (exact) mass is 637 g/mol. The molecule has 1 unspecified atom stereocenters. The molecule has 1 aliphatic rings. The molecule has 1 fully saturated rings. The van der Waals surface area contributed by atoms with Crippen LogP contribution in [0.25, 0.3) is 0 Å². The lowest BCUT2D eigenvalue weighted by Gasteiger charge is -2.23. The third-order valence-electron chi connectivity index (χ3n) is 6.39. The molecule has 0 saturated carbocycles. The number of methoxy groups -OCH3 is 1. The van der Waals surface area contributed by atoms with Gasteiger partial charge in [-0.2, -0.15) is 0 Å². The maximum absolute atomic E-state index is 12.9. The fourth-order valence-corrected chi connectivity index (χ4v) is 4.98. The highest BCUT2D eigenvalue weighted by Crippen LogP contribution is 2.19. The molecule has 252 valence electrons. The molecule has 1 rings (SSSR count). The van der Waals surface area contributed by atoms with Crippen LogP contribution in [0.1, 0.15) is 58.3 Å². The molecule has 0 spiro atoms. The summed E-state index contributed by atoms with van der Waals surface area (Å²) in [4.78, 5) is 40.1. The van der Waals surface area contributed by atoms with Gasteiger partial charge in [-0.05, 0) is 6.42 Å². The van der Waals surface area contributed by atoms with Crippen molar-refractivity contribution in [1.29, 1.82) is 0 Å². The van der Waals surface area contributed by atoms with Gasteiger partial charge in [0.2, 0.25) is 5.91 Å². The van der Waals surface area contributed by atoms with Gasteiger partial charge in [0.1, 0.15) is 11.9 Å². The van der Waals surface area contributed by atoms with Crippen LogP contribution >= 0.6 is 11.8 Å². The van der Waals surface area contributed by atoms with Crippen LogP contribution in [0, 0.1) is 0 Å². The number of nitrogens with zero attached hydrogens (tertiary/aromatic N) is 1. The second-order valence-corrected chi connectivity index (χ2v) is 11.2. The molecule has 1 atom stereocenters. The highest BCUT2D eigenvalue weighted by Gasteiger charge is 2.26. The van der Waals surface area contributed by atoms with Crippen molar-refractivity contribution in [3.63, 3.8) is 0 Å². The normalized spacial score (nSPS) is 15.7. The molecular formula is C30H55NO11S. The third-order valence-corrected chi connectivity index (χ3v) is 7.60. The van der Waals surface area contributed by atoms with Crippen LogP contribution in [0.3, 0.4) is 0 Å². The first-order chi connectivity index (χ1) is 21.1. The second kappa shape index (κ2) is 29.2. The number of unbranched alkanes of at least 4 members (excludes halogenated alkanes) is 5. The molecule has 0 aromatic rings. The summed E-state index contributed by atoms with van der Waals surface area (Å²) in [6.07, 6.45) is 6.60. The van der Waals surface area contributed by atoms with Crippen molar-refractivity contribution in [2.75, 3.05) is 112 Å². The first-order valence-electron chi connectivity index (χ1n) is 15.7. The summed E-state index contributed by atoms with van der Waals surface area (Å²) >= 11 is 1.23. The Labute approximate surface area is 262 Å². The van der Waals surface area contributed by atoms with Crippen molar-refractivity contribution in [1.82, 2.24) is 4.90 Å². The minimum atomic E-state index is -0.778. The Morgan fingerprint density at radius 2 is 1.30 bits per heavy atom. The molecule has 0 radical (unpaired) electrons. The summed E-state index contributed by atoms with van der Waals surface area (Å²) in [7, 11) is 1.61. The van der Waals surface area contributed by atoms with Gasteiger partial charge in [0.15, 0.2) is 0 Å². The molecule has 0 aromatic heterocycles. The van der Waals surface area contributed by atoms with Crippen molar-refractivity contribution < 1.29 is 52.3 Å². The lowest BCUT2D eigenvalue weighted by atomic mass is 10.1. The smallest absolute Gasteiger partial charge is 0.319 e. The van der Waals surface area contributed by atoms with Gasteiger partial charge in [-0.25, -0.2) is 0 Å². The second-order valence-electron chi connectivity index (χ2n) is 9.90. The number of hydrogen-bond donors (Lipinski definition) is 0. The van der Waals surface area contributed by atoms with Crippen LogP contribution in [0.5, 0.6) is 0 Å². The van der Waals surface area contributed by atoms with Gasteiger partial charge in [-0.3, -0.25) is 14.4 Å². The SMILES string of the molecule is CCCCCCCCOC(=O)CC(SCCC(=O)N1CCOCCOCCOCC1)C(=O)OCCOCCOCCOC. The number of rotatable bonds is 23. The lowest BCUT2D eigenvalue weighted by molar-refractivity contribution is -0.150. The summed E-state index contributed by atoms with van der Waals surface area (Å²) in [5.74, 6) is -0.679. The zero-order chi connectivity index (χ0) is 31.2. The van der Waals surface area contributed by atoms with Crippen LogP contribution in [0.15, 0.2) is 0 Å². The predicted molar refractivity (Wildman–Crippen MR) is 163 cm³/mol. The largest absolute Gasteiger partial charge is 0.466 e. The molecule has 0 bridgehead atoms. The number of ether oxygens (including phenoxy) is 8. The Hall–Kier alpha value is -1.48. The predicted octanol–water partition coefficient (Wildman–Crippen LogP) is 2.89. The van der Waals surface area contributed by atoms with Gasteiger partial charge in [0, 0.05) is 32.4 Å². The quantitative estimate of drug-likeness (QED) is 0.121. The minimum Gasteiger partial charge on any atom is -0.466 e. The first kappa shape index (κ1) is 39.5. The Balaban J connectivity index is 2.50. The number of hydrogen-bond acceptors (Lipinski definition) is 12. The molecular weight excluding hydrogens is 582 g/mol. The van der Waals surface area contributed by atoms with Gasteiger partial charge in [-0.1, -0.05) is 39.0 Å². The van der Waals surface area contributed by atoms with Crippen molar-refractivity contribution in [2.45, 2.75) is 63.5 Å². The molecule has 0 aromatic carbocycles. The summed E-state index contributed by atoms with van der Waals surface area (Å²) in [6, 6.07) is 0. The molecule has 1 saturated heterocycles. The van der Waals surface area contributed by atoms with Crippen LogP contribution in [0.2, 0.25) is 0 Å². The highest BCUT2D eigenvalue weighted by molar-refractivity contribution is 8.00. The third kappa shape index (κ3) is 23.6. The summed E-state index contributed by atoms with van der Waals surface area (Å²) in [6.45, 7) is 8.16. The number of amides is 1. The van der Waals surface area contributed by atoms with E-state index in [2.05, 4.69) is 6.92 Å². The van der Waals surface area contributed by atoms with E-state index in [1.54, 1.807) is 12.0 Å². The van der Waals surface area contributed by atoms with E-state index in [0.29, 0.717) is 91.5 Å². The Morgan fingerprint density at radius 1 is 0.721 bits per heavy atom. The molecule has 43 heavy (non-hydrogen) atoms. The Bertz CT molecular complexity index is 689. The lowest BCUT2D eigenvalue weighted by Crippen LogP contribution is -2.37. The zero-order valence-corrected chi connectivity index (χ0v) is 27.2. The number of esters is 2. The molecule has 1 amide bonds. The van der Waals surface area contributed by atoms with Crippen molar-refractivity contribution in [3.8, 4) is 0 Å². The van der Waals surface area contributed by atoms with E-state index < -0.39 is 17.2 Å². The topological polar surface area (TPSA) is 128 Å². The maximum atomic E-state index is 12.9. The molecule has 1 heterocycles. The van der Waals surface area contributed by atoms with Crippen molar-refractivity contribution in [2.24, 2.45) is 0 Å². The standard InChI is InChI=1S/C30H55NO11S/c1-3-4-5-6-7-8-12-41-29(33)26-27(30(34)42-24-23-40-22-21-38-16-15-35-2)43-25-9-28(32)31-10-13-36-17-19-39-20-18-37-14-11-31/h27H,3-26H2,1-2H3. The molecule has 12 nitrogen and oxygen atoms in total. The first-order valence-corrected chi connectivity index (χ1v) is 16.7. The van der Waals surface area contributed by atoms with E-state index in [9.17, 15) is 14.4 Å². The van der Waals surface area contributed by atoms with Crippen LogP contribution < -0.4 is 0 Å². The molecule has 0 N–H and O–H groups in total. The fraction of sp³-hybridized carbons (Fsp3) is 0.900. The Kier molecular flexibility index (Phi) is 26.9. The fourth-order valence-electron chi connectivity index (χ4n) is 3.95. The number of thioether (sulfide) groups is 1. The van der Waals surface area contributed by atoms with Crippen LogP contribution in [-0.2, 0) is 52.3 Å². The van der Waals surface area contributed by atoms with Gasteiger partial charge >= 0.3 is 11.9 Å². The highest BCUT2D eigenvalue weighted by atomic mass is 32.2. The van der Waals surface area contributed by atoms with E-state index in [4.69, 9.17) is 37.9 Å². The average Bonchev–Trinajstić information content (AvgIpc) is 2.99. The van der Waals surface area contributed by atoms with Gasteiger partial charge < -0.3 is 42.8 Å². The van der Waals surface area contributed by atoms with Gasteiger partial charge in [0.05, 0.1) is 85.7 Å². The average molecular weight is 638 g/mol. The molecule has 0 aliphatic carbocycles. The summed E-state index contributed by atoms with van der Waals surface area (Å²) < 4.78 is 43.0. The van der Waals surface area contributed by atoms with Crippen LogP contribution in [-0.4, -0.2) is 140 Å². The van der Waals surface area contributed by atoms with Crippen LogP contribution in [0.4, 0.5) is 0 Å². The van der Waals surface area contributed by atoms with Crippen molar-refractivity contribution >= 4 is 29.6 Å². The van der Waals surface area contributed by atoms with Gasteiger partial charge in [-0.15, -0.1) is 11.8 Å². The van der Waals surface area contributed by atoms with E-state index in [-0.39, 0.29) is 32.0 Å². The van der Waals surface area contributed by atoms with E-state index >= 15 is 0 Å². The van der Waals surface area contributed by atoms with E-state index in [1.165, 1.54) is 31.0 Å². The van der Waals surface area contributed by atoms with E-state index in [1.807, 2.05) is 0 Å².